The molecule has 0 saturated carbocycles. The molecule has 0 amide bonds. The van der Waals surface area contributed by atoms with E-state index >= 15 is 0 Å². The predicted octanol–water partition coefficient (Wildman–Crippen LogP) is 2.56. The zero-order valence-corrected chi connectivity index (χ0v) is 19.4. The molecule has 0 radical (unpaired) electrons. The maximum absolute atomic E-state index is 11.4. The van der Waals surface area contributed by atoms with Crippen LogP contribution in [0.25, 0.3) is 0 Å². The summed E-state index contributed by atoms with van der Waals surface area (Å²) in [5.41, 5.74) is 5.34. The van der Waals surface area contributed by atoms with Gasteiger partial charge >= 0.3 is 41.5 Å². The van der Waals surface area contributed by atoms with Gasteiger partial charge in [0, 0.05) is 6.42 Å². The van der Waals surface area contributed by atoms with Gasteiger partial charge in [-0.05, 0) is 39.0 Å². The number of nitrogens with two attached hydrogens (primary N) is 1. The number of ether oxygens (including phenoxy) is 1. The summed E-state index contributed by atoms with van der Waals surface area (Å²) in [4.78, 5) is 22.5. The molecule has 0 aromatic carbocycles. The maximum Gasteiger partial charge on any atom is 1.00 e. The number of unbranched alkanes of at least 4 members (excludes halogenated alkanes) is 11. The normalized spacial score (nSPS) is 12.0. The van der Waals surface area contributed by atoms with Crippen molar-refractivity contribution in [2.24, 2.45) is 5.73 Å². The number of carbonyl (C=O) groups excluding carboxylic acids is 2. The van der Waals surface area contributed by atoms with Crippen LogP contribution in [-0.2, 0) is 14.3 Å². The summed E-state index contributed by atoms with van der Waals surface area (Å²) in [6.45, 7) is 3.76. The second-order valence-corrected chi connectivity index (χ2v) is 6.92. The largest absolute Gasteiger partial charge is 1.00 e. The average molecular weight is 378 g/mol. The first-order chi connectivity index (χ1) is 12.1. The first-order valence-electron chi connectivity index (χ1n) is 10.2. The molecule has 0 spiro atoms. The molecule has 2 N–H and O–H groups in total. The quantitative estimate of drug-likeness (QED) is 0.148. The molecule has 0 aliphatic heterocycles. The van der Waals surface area contributed by atoms with Crippen molar-refractivity contribution in [3.63, 3.8) is 0 Å². The average Bonchev–Trinajstić information content (AvgIpc) is 2.58. The topological polar surface area (TPSA) is 69.4 Å². The fourth-order valence-electron chi connectivity index (χ4n) is 2.60. The van der Waals surface area contributed by atoms with Crippen molar-refractivity contribution in [1.82, 2.24) is 0 Å². The summed E-state index contributed by atoms with van der Waals surface area (Å²) >= 11 is 0. The third-order valence-electron chi connectivity index (χ3n) is 4.23. The molecule has 0 bridgehead atoms. The van der Waals surface area contributed by atoms with Gasteiger partial charge in [-0.2, -0.15) is 0 Å². The van der Waals surface area contributed by atoms with Gasteiger partial charge in [0.15, 0.2) is 0 Å². The molecule has 0 aromatic heterocycles. The molecular weight excluding hydrogens is 337 g/mol. The van der Waals surface area contributed by atoms with Crippen LogP contribution in [0, 0.1) is 0 Å². The molecule has 26 heavy (non-hydrogen) atoms. The number of hydrogen-bond acceptors (Lipinski definition) is 4. The SMILES string of the molecule is CCCCCCCC/C=C\CCCCCCCC(=O)OC(=O)[C@H](C)N.[H-].[Na+]. The molecule has 4 nitrogen and oxygen atoms in total. The monoisotopic (exact) mass is 377 g/mol. The van der Waals surface area contributed by atoms with E-state index in [1.54, 1.807) is 0 Å². The molecule has 0 aromatic rings. The van der Waals surface area contributed by atoms with Crippen molar-refractivity contribution >= 4 is 11.9 Å². The molecule has 1 atom stereocenters. The Hall–Kier alpha value is -0.160. The van der Waals surface area contributed by atoms with Crippen molar-refractivity contribution in [3.8, 4) is 0 Å². The summed E-state index contributed by atoms with van der Waals surface area (Å²) in [6, 6.07) is -0.738. The van der Waals surface area contributed by atoms with Gasteiger partial charge in [0.05, 0.1) is 0 Å². The number of rotatable bonds is 16. The van der Waals surface area contributed by atoms with E-state index in [1.807, 2.05) is 0 Å². The van der Waals surface area contributed by atoms with Crippen LogP contribution < -0.4 is 35.3 Å². The minimum atomic E-state index is -0.738. The predicted molar refractivity (Wildman–Crippen MR) is 105 cm³/mol. The molecule has 0 heterocycles. The van der Waals surface area contributed by atoms with Gasteiger partial charge in [-0.25, -0.2) is 4.79 Å². The molecule has 5 heteroatoms. The van der Waals surface area contributed by atoms with Crippen molar-refractivity contribution in [2.45, 2.75) is 110 Å². The Labute approximate surface area is 184 Å². The van der Waals surface area contributed by atoms with Crippen LogP contribution in [0.2, 0.25) is 0 Å². The van der Waals surface area contributed by atoms with E-state index in [4.69, 9.17) is 5.73 Å². The van der Waals surface area contributed by atoms with Gasteiger partial charge in [0.1, 0.15) is 6.04 Å². The third kappa shape index (κ3) is 20.2. The molecule has 0 aliphatic carbocycles. The third-order valence-corrected chi connectivity index (χ3v) is 4.23. The Balaban J connectivity index is -0.00000288. The summed E-state index contributed by atoms with van der Waals surface area (Å²) in [6.07, 6.45) is 20.8. The van der Waals surface area contributed by atoms with Crippen molar-refractivity contribution in [3.05, 3.63) is 12.2 Å². The van der Waals surface area contributed by atoms with Gasteiger partial charge < -0.3 is 11.9 Å². The van der Waals surface area contributed by atoms with E-state index in [0.717, 1.165) is 25.7 Å². The fraction of sp³-hybridized carbons (Fsp3) is 0.810. The van der Waals surface area contributed by atoms with Gasteiger partial charge in [0.2, 0.25) is 0 Å². The molecule has 148 valence electrons. The van der Waals surface area contributed by atoms with Gasteiger partial charge in [0.25, 0.3) is 0 Å². The van der Waals surface area contributed by atoms with Crippen LogP contribution in [-0.4, -0.2) is 18.0 Å². The van der Waals surface area contributed by atoms with E-state index in [-0.39, 0.29) is 31.0 Å². The van der Waals surface area contributed by atoms with Crippen LogP contribution in [0.1, 0.15) is 105 Å². The smallest absolute Gasteiger partial charge is 1.00 e. The summed E-state index contributed by atoms with van der Waals surface area (Å²) in [7, 11) is 0. The van der Waals surface area contributed by atoms with Crippen molar-refractivity contribution < 1.29 is 45.3 Å². The zero-order chi connectivity index (χ0) is 18.8. The van der Waals surface area contributed by atoms with Crippen LogP contribution in [0.5, 0.6) is 0 Å². The molecule has 0 unspecified atom stereocenters. The first-order valence-corrected chi connectivity index (χ1v) is 10.2. The van der Waals surface area contributed by atoms with Gasteiger partial charge in [-0.1, -0.05) is 70.4 Å². The zero-order valence-electron chi connectivity index (χ0n) is 18.4. The minimum absolute atomic E-state index is 0. The van der Waals surface area contributed by atoms with E-state index in [9.17, 15) is 9.59 Å². The van der Waals surface area contributed by atoms with Gasteiger partial charge in [-0.3, -0.25) is 4.79 Å². The molecule has 0 rings (SSSR count). The number of esters is 2. The van der Waals surface area contributed by atoms with Crippen molar-refractivity contribution in [1.29, 1.82) is 0 Å². The summed E-state index contributed by atoms with van der Waals surface area (Å²) in [5, 5.41) is 0. The minimum Gasteiger partial charge on any atom is -1.00 e. The second-order valence-electron chi connectivity index (χ2n) is 6.92. The van der Waals surface area contributed by atoms with Crippen molar-refractivity contribution in [2.75, 3.05) is 0 Å². The van der Waals surface area contributed by atoms with Crippen LogP contribution in [0.3, 0.4) is 0 Å². The molecule has 0 aliphatic rings. The van der Waals surface area contributed by atoms with Crippen LogP contribution in [0.4, 0.5) is 0 Å². The molecule has 0 fully saturated rings. The Morgan fingerprint density at radius 2 is 1.35 bits per heavy atom. The Kier molecular flexibility index (Phi) is 22.8. The number of carbonyl (C=O) groups is 2. The maximum atomic E-state index is 11.4. The Morgan fingerprint density at radius 1 is 0.885 bits per heavy atom. The van der Waals surface area contributed by atoms with E-state index < -0.39 is 18.0 Å². The Morgan fingerprint density at radius 3 is 1.85 bits per heavy atom. The van der Waals surface area contributed by atoms with E-state index in [1.165, 1.54) is 64.7 Å². The van der Waals surface area contributed by atoms with Gasteiger partial charge in [-0.15, -0.1) is 0 Å². The fourth-order valence-corrected chi connectivity index (χ4v) is 2.60. The number of hydrogen-bond donors (Lipinski definition) is 1. The van der Waals surface area contributed by atoms with E-state index in [0.29, 0.717) is 6.42 Å². The first kappa shape index (κ1) is 28.1. The summed E-state index contributed by atoms with van der Waals surface area (Å²) in [5.74, 6) is -1.10. The standard InChI is InChI=1S/C21H39NO3.Na.H/c1-3-4-5-6-7-8-9-10-11-12-13-14-15-16-17-18-20(23)25-21(24)19(2)22;;/h10-11,19H,3-9,12-18,22H2,1-2H3;;/q;+1;-1/b11-10-;;/t19-;;/m0../s1. The second kappa shape index (κ2) is 21.1. The number of allylic oxidation sites excluding steroid dienone is 2. The molecule has 0 saturated heterocycles. The molecular formula is C21H40NNaO3. The van der Waals surface area contributed by atoms with E-state index in [2.05, 4.69) is 23.8 Å². The van der Waals surface area contributed by atoms with Crippen LogP contribution >= 0.6 is 0 Å². The van der Waals surface area contributed by atoms with Crippen LogP contribution in [0.15, 0.2) is 12.2 Å². The summed E-state index contributed by atoms with van der Waals surface area (Å²) < 4.78 is 4.62. The Bertz CT molecular complexity index is 376.